The van der Waals surface area contributed by atoms with Crippen molar-refractivity contribution in [2.24, 2.45) is 5.92 Å². The smallest absolute Gasteiger partial charge is 0.411 e. The summed E-state index contributed by atoms with van der Waals surface area (Å²) in [5.41, 5.74) is 1.25. The van der Waals surface area contributed by atoms with Gasteiger partial charge in [0.1, 0.15) is 12.7 Å². The second-order valence-corrected chi connectivity index (χ2v) is 7.85. The van der Waals surface area contributed by atoms with Crippen LogP contribution in [0, 0.1) is 17.2 Å². The van der Waals surface area contributed by atoms with Crippen LogP contribution in [0.15, 0.2) is 51.5 Å². The summed E-state index contributed by atoms with van der Waals surface area (Å²) < 4.78 is 20.9. The number of rotatable bonds is 8. The number of ether oxygens (including phenoxy) is 2. The van der Waals surface area contributed by atoms with Gasteiger partial charge in [-0.05, 0) is 43.2 Å². The summed E-state index contributed by atoms with van der Waals surface area (Å²) in [4.78, 5) is 30.8. The van der Waals surface area contributed by atoms with Crippen molar-refractivity contribution in [1.29, 1.82) is 5.26 Å². The van der Waals surface area contributed by atoms with Gasteiger partial charge in [0.25, 0.3) is 5.89 Å². The largest absolute Gasteiger partial charge is 0.459 e. The first-order valence-corrected chi connectivity index (χ1v) is 11.1. The first-order valence-electron chi connectivity index (χ1n) is 11.1. The Morgan fingerprint density at radius 1 is 1.17 bits per heavy atom. The minimum atomic E-state index is -0.600. The number of anilines is 3. The van der Waals surface area contributed by atoms with Gasteiger partial charge >= 0.3 is 6.09 Å². The maximum atomic E-state index is 12.8. The average Bonchev–Trinajstić information content (AvgIpc) is 3.55. The lowest BCUT2D eigenvalue weighted by Crippen LogP contribution is -2.38. The highest BCUT2D eigenvalue weighted by molar-refractivity contribution is 5.94. The highest BCUT2D eigenvalue weighted by Gasteiger charge is 2.29. The number of carbonyl (C=O) groups is 2. The molecule has 2 amide bonds. The van der Waals surface area contributed by atoms with Crippen molar-refractivity contribution < 1.29 is 27.9 Å². The van der Waals surface area contributed by atoms with E-state index in [9.17, 15) is 14.9 Å². The zero-order valence-electron chi connectivity index (χ0n) is 19.2. The molecule has 182 valence electrons. The summed E-state index contributed by atoms with van der Waals surface area (Å²) in [5.74, 6) is 0.757. The number of nitrogens with zero attached hydrogens (tertiary/aromatic N) is 3. The lowest BCUT2D eigenvalue weighted by molar-refractivity contribution is -0.120. The van der Waals surface area contributed by atoms with Gasteiger partial charge in [-0.15, -0.1) is 0 Å². The molecule has 0 saturated carbocycles. The molecule has 3 aromatic rings. The standard InChI is InChI=1S/C24H25N5O6/c1-32-12-13-34-24(31)27-18-5-2-4-17(14-18)26-21(30)16-7-9-29(10-8-16)23-19(15-25)28-22(35-23)20-6-3-11-33-20/h2-6,11,14,16H,7-10,12-13H2,1H3,(H,26,30)(H,27,31). The predicted molar refractivity (Wildman–Crippen MR) is 126 cm³/mol. The van der Waals surface area contributed by atoms with Gasteiger partial charge in [-0.1, -0.05) is 6.07 Å². The number of oxazole rings is 1. The molecule has 35 heavy (non-hydrogen) atoms. The molecule has 3 heterocycles. The predicted octanol–water partition coefficient (Wildman–Crippen LogP) is 3.86. The number of furan rings is 1. The van der Waals surface area contributed by atoms with Gasteiger partial charge in [-0.3, -0.25) is 10.1 Å². The molecule has 0 radical (unpaired) electrons. The lowest BCUT2D eigenvalue weighted by atomic mass is 9.96. The van der Waals surface area contributed by atoms with Crippen molar-refractivity contribution in [3.8, 4) is 17.7 Å². The molecule has 1 aliphatic rings. The second kappa shape index (κ2) is 11.2. The zero-order chi connectivity index (χ0) is 24.6. The number of hydrogen-bond donors (Lipinski definition) is 2. The monoisotopic (exact) mass is 479 g/mol. The fourth-order valence-electron chi connectivity index (χ4n) is 3.74. The van der Waals surface area contributed by atoms with Gasteiger partial charge in [0.05, 0.1) is 12.9 Å². The van der Waals surface area contributed by atoms with Gasteiger partial charge in [0.15, 0.2) is 5.76 Å². The third kappa shape index (κ3) is 5.99. The summed E-state index contributed by atoms with van der Waals surface area (Å²) in [7, 11) is 1.52. The number of methoxy groups -OCH3 is 1. The Morgan fingerprint density at radius 3 is 2.63 bits per heavy atom. The van der Waals surface area contributed by atoms with E-state index in [1.54, 1.807) is 36.4 Å². The Labute approximate surface area is 201 Å². The van der Waals surface area contributed by atoms with E-state index in [1.807, 2.05) is 4.90 Å². The molecule has 1 aromatic carbocycles. The fourth-order valence-corrected chi connectivity index (χ4v) is 3.74. The van der Waals surface area contributed by atoms with Crippen molar-refractivity contribution in [1.82, 2.24) is 4.98 Å². The van der Waals surface area contributed by atoms with Crippen LogP contribution >= 0.6 is 0 Å². The molecule has 0 atom stereocenters. The summed E-state index contributed by atoms with van der Waals surface area (Å²) in [5, 5.41) is 15.0. The van der Waals surface area contributed by atoms with Crippen LogP contribution in [0.2, 0.25) is 0 Å². The maximum Gasteiger partial charge on any atom is 0.411 e. The van der Waals surface area contributed by atoms with E-state index >= 15 is 0 Å². The van der Waals surface area contributed by atoms with E-state index < -0.39 is 6.09 Å². The van der Waals surface area contributed by atoms with Crippen molar-refractivity contribution in [2.75, 3.05) is 48.9 Å². The normalized spacial score (nSPS) is 13.8. The Bertz CT molecular complexity index is 1190. The van der Waals surface area contributed by atoms with Gasteiger partial charge in [-0.25, -0.2) is 4.79 Å². The van der Waals surface area contributed by atoms with Crippen LogP contribution < -0.4 is 15.5 Å². The molecular weight excluding hydrogens is 454 g/mol. The Balaban J connectivity index is 1.32. The number of nitriles is 1. The minimum Gasteiger partial charge on any atom is -0.459 e. The van der Waals surface area contributed by atoms with Gasteiger partial charge in [0, 0.05) is 37.5 Å². The molecule has 2 aromatic heterocycles. The Morgan fingerprint density at radius 2 is 1.94 bits per heavy atom. The molecule has 2 N–H and O–H groups in total. The van der Waals surface area contributed by atoms with Crippen LogP contribution in [-0.2, 0) is 14.3 Å². The van der Waals surface area contributed by atoms with E-state index in [0.717, 1.165) is 0 Å². The van der Waals surface area contributed by atoms with Crippen LogP contribution in [0.25, 0.3) is 11.7 Å². The molecular formula is C24H25N5O6. The Kier molecular flexibility index (Phi) is 7.64. The van der Waals surface area contributed by atoms with Crippen LogP contribution in [0.5, 0.6) is 0 Å². The fraction of sp³-hybridized carbons (Fsp3) is 0.333. The number of hydrogen-bond acceptors (Lipinski definition) is 9. The molecule has 1 saturated heterocycles. The number of carbonyl (C=O) groups excluding carboxylic acids is 2. The molecule has 4 rings (SSSR count). The van der Waals surface area contributed by atoms with Crippen molar-refractivity contribution in [2.45, 2.75) is 12.8 Å². The molecule has 1 fully saturated rings. The molecule has 11 heteroatoms. The molecule has 1 aliphatic heterocycles. The van der Waals surface area contributed by atoms with E-state index in [2.05, 4.69) is 21.7 Å². The molecule has 0 spiro atoms. The summed E-state index contributed by atoms with van der Waals surface area (Å²) in [6, 6.07) is 12.3. The average molecular weight is 479 g/mol. The van der Waals surface area contributed by atoms with Crippen LogP contribution in [0.3, 0.4) is 0 Å². The van der Waals surface area contributed by atoms with Gasteiger partial charge in [0.2, 0.25) is 17.5 Å². The minimum absolute atomic E-state index is 0.112. The van der Waals surface area contributed by atoms with Gasteiger partial charge in [-0.2, -0.15) is 10.2 Å². The Hall–Kier alpha value is -4.30. The number of nitrogens with one attached hydrogen (secondary N) is 2. The number of piperidine rings is 1. The molecule has 0 aliphatic carbocycles. The first kappa shape index (κ1) is 23.8. The SMILES string of the molecule is COCCOC(=O)Nc1cccc(NC(=O)C2CCN(c3oc(-c4ccco4)nc3C#N)CC2)c1. The van der Waals surface area contributed by atoms with E-state index in [-0.39, 0.29) is 30.0 Å². The van der Waals surface area contributed by atoms with Crippen molar-refractivity contribution in [3.05, 3.63) is 48.4 Å². The highest BCUT2D eigenvalue weighted by atomic mass is 16.6. The third-order valence-corrected chi connectivity index (χ3v) is 5.50. The van der Waals surface area contributed by atoms with E-state index in [1.165, 1.54) is 13.4 Å². The summed E-state index contributed by atoms with van der Waals surface area (Å²) >= 11 is 0. The summed E-state index contributed by atoms with van der Waals surface area (Å²) in [6.45, 7) is 1.52. The topological polar surface area (TPSA) is 143 Å². The van der Waals surface area contributed by atoms with Gasteiger partial charge < -0.3 is 28.5 Å². The van der Waals surface area contributed by atoms with Crippen LogP contribution in [-0.4, -0.2) is 50.4 Å². The zero-order valence-corrected chi connectivity index (χ0v) is 19.2. The lowest BCUT2D eigenvalue weighted by Gasteiger charge is -2.31. The third-order valence-electron chi connectivity index (χ3n) is 5.50. The summed E-state index contributed by atoms with van der Waals surface area (Å²) in [6.07, 6.45) is 2.07. The molecule has 0 unspecified atom stereocenters. The van der Waals surface area contributed by atoms with Crippen LogP contribution in [0.1, 0.15) is 18.5 Å². The van der Waals surface area contributed by atoms with Crippen LogP contribution in [0.4, 0.5) is 22.1 Å². The molecule has 11 nitrogen and oxygen atoms in total. The molecule has 0 bridgehead atoms. The number of benzene rings is 1. The quantitative estimate of drug-likeness (QED) is 0.460. The number of amides is 2. The van der Waals surface area contributed by atoms with Crippen molar-refractivity contribution >= 4 is 29.3 Å². The second-order valence-electron chi connectivity index (χ2n) is 7.85. The number of aromatic nitrogens is 1. The maximum absolute atomic E-state index is 12.8. The van der Waals surface area contributed by atoms with E-state index in [4.69, 9.17) is 18.3 Å². The van der Waals surface area contributed by atoms with E-state index in [0.29, 0.717) is 55.6 Å². The highest BCUT2D eigenvalue weighted by Crippen LogP contribution is 2.31. The first-order chi connectivity index (χ1) is 17.1. The van der Waals surface area contributed by atoms with Crippen molar-refractivity contribution in [3.63, 3.8) is 0 Å².